The Morgan fingerprint density at radius 1 is 1.41 bits per heavy atom. The molecular formula is C16H19FN2O3. The lowest BCUT2D eigenvalue weighted by molar-refractivity contribution is -0.146. The smallest absolute Gasteiger partial charge is 0.246 e. The zero-order valence-electron chi connectivity index (χ0n) is 12.3. The number of nitrogens with one attached hydrogen (secondary N) is 1. The Morgan fingerprint density at radius 3 is 3.05 bits per heavy atom. The van der Waals surface area contributed by atoms with Gasteiger partial charge in [0.05, 0.1) is 12.1 Å². The summed E-state index contributed by atoms with van der Waals surface area (Å²) in [4.78, 5) is 25.4. The summed E-state index contributed by atoms with van der Waals surface area (Å²) in [6.45, 7) is 1.18. The van der Waals surface area contributed by atoms with Crippen molar-refractivity contribution in [3.63, 3.8) is 0 Å². The highest BCUT2D eigenvalue weighted by Gasteiger charge is 2.36. The van der Waals surface area contributed by atoms with Gasteiger partial charge in [0.1, 0.15) is 12.4 Å². The Bertz CT molecular complexity index is 578. The maximum atomic E-state index is 13.6. The van der Waals surface area contributed by atoms with Crippen LogP contribution < -0.4 is 5.32 Å². The first-order valence-electron chi connectivity index (χ1n) is 7.55. The van der Waals surface area contributed by atoms with Crippen molar-refractivity contribution in [2.75, 3.05) is 19.7 Å². The largest absolute Gasteiger partial charge is 0.366 e. The van der Waals surface area contributed by atoms with Gasteiger partial charge in [-0.25, -0.2) is 4.39 Å². The van der Waals surface area contributed by atoms with Crippen LogP contribution in [0.25, 0.3) is 0 Å². The molecule has 5 nitrogen and oxygen atoms in total. The normalized spacial score (nSPS) is 24.6. The summed E-state index contributed by atoms with van der Waals surface area (Å²) in [5.74, 6) is -0.426. The zero-order chi connectivity index (χ0) is 15.5. The third kappa shape index (κ3) is 3.27. The molecule has 118 valence electrons. The molecule has 1 N–H and O–H groups in total. The molecule has 0 saturated carbocycles. The number of rotatable bonds is 3. The van der Waals surface area contributed by atoms with Gasteiger partial charge in [-0.15, -0.1) is 0 Å². The first-order chi connectivity index (χ1) is 10.6. The van der Waals surface area contributed by atoms with Crippen molar-refractivity contribution in [1.29, 1.82) is 0 Å². The molecular weight excluding hydrogens is 287 g/mol. The molecule has 0 radical (unpaired) electrons. The summed E-state index contributed by atoms with van der Waals surface area (Å²) >= 11 is 0. The van der Waals surface area contributed by atoms with Gasteiger partial charge in [-0.1, -0.05) is 18.2 Å². The van der Waals surface area contributed by atoms with Gasteiger partial charge < -0.3 is 15.0 Å². The summed E-state index contributed by atoms with van der Waals surface area (Å²) in [6, 6.07) is 6.37. The highest BCUT2D eigenvalue weighted by molar-refractivity contribution is 5.79. The number of amides is 2. The molecule has 3 rings (SSSR count). The summed E-state index contributed by atoms with van der Waals surface area (Å²) in [7, 11) is 0. The number of hydrogen-bond donors (Lipinski definition) is 1. The molecule has 6 heteroatoms. The van der Waals surface area contributed by atoms with Crippen molar-refractivity contribution >= 4 is 11.8 Å². The molecule has 0 unspecified atom stereocenters. The second-order valence-electron chi connectivity index (χ2n) is 5.74. The number of piperidine rings is 1. The minimum Gasteiger partial charge on any atom is -0.366 e. The van der Waals surface area contributed by atoms with Gasteiger partial charge in [0.25, 0.3) is 0 Å². The monoisotopic (exact) mass is 306 g/mol. The van der Waals surface area contributed by atoms with E-state index in [1.54, 1.807) is 23.1 Å². The van der Waals surface area contributed by atoms with E-state index in [1.807, 2.05) is 0 Å². The van der Waals surface area contributed by atoms with E-state index < -0.39 is 0 Å². The quantitative estimate of drug-likeness (QED) is 0.901. The Balaban J connectivity index is 1.54. The fraction of sp³-hybridized carbons (Fsp3) is 0.500. The van der Waals surface area contributed by atoms with Crippen LogP contribution in [0.3, 0.4) is 0 Å². The van der Waals surface area contributed by atoms with Gasteiger partial charge in [0.15, 0.2) is 0 Å². The molecule has 22 heavy (non-hydrogen) atoms. The van der Waals surface area contributed by atoms with Crippen LogP contribution in [0.5, 0.6) is 0 Å². The lowest BCUT2D eigenvalue weighted by Gasteiger charge is -2.41. The van der Waals surface area contributed by atoms with Gasteiger partial charge in [0.2, 0.25) is 11.8 Å². The average Bonchev–Trinajstić information content (AvgIpc) is 2.53. The first kappa shape index (κ1) is 15.0. The molecule has 2 saturated heterocycles. The molecule has 1 aromatic carbocycles. The van der Waals surface area contributed by atoms with Crippen LogP contribution >= 0.6 is 0 Å². The highest BCUT2D eigenvalue weighted by atomic mass is 19.1. The minimum absolute atomic E-state index is 0.00619. The summed E-state index contributed by atoms with van der Waals surface area (Å²) < 4.78 is 19.0. The van der Waals surface area contributed by atoms with E-state index in [0.717, 1.165) is 6.42 Å². The number of ether oxygens (including phenoxy) is 1. The van der Waals surface area contributed by atoms with Crippen LogP contribution in [0, 0.1) is 5.82 Å². The predicted molar refractivity (Wildman–Crippen MR) is 77.6 cm³/mol. The van der Waals surface area contributed by atoms with Crippen molar-refractivity contribution in [2.24, 2.45) is 0 Å². The van der Waals surface area contributed by atoms with E-state index in [9.17, 15) is 14.0 Å². The van der Waals surface area contributed by atoms with Crippen molar-refractivity contribution in [3.8, 4) is 0 Å². The standard InChI is InChI=1S/C16H19FN2O3/c17-12-4-2-1-3-11(12)5-6-16(21)19-8-7-14-13(9-19)18-15(20)10-22-14/h1-4,13-14H,5-10H2,(H,18,20)/t13-,14+/m0/s1. The fourth-order valence-corrected chi connectivity index (χ4v) is 3.03. The topological polar surface area (TPSA) is 58.6 Å². The number of morpholine rings is 1. The number of carbonyl (C=O) groups is 2. The van der Waals surface area contributed by atoms with Crippen molar-refractivity contribution in [1.82, 2.24) is 10.2 Å². The average molecular weight is 306 g/mol. The van der Waals surface area contributed by atoms with E-state index in [1.165, 1.54) is 6.07 Å². The molecule has 2 atom stereocenters. The van der Waals surface area contributed by atoms with Crippen LogP contribution in [0.1, 0.15) is 18.4 Å². The van der Waals surface area contributed by atoms with E-state index >= 15 is 0 Å². The molecule has 0 aromatic heterocycles. The van der Waals surface area contributed by atoms with Crippen LogP contribution in [-0.2, 0) is 20.7 Å². The van der Waals surface area contributed by atoms with Crippen LogP contribution in [0.4, 0.5) is 4.39 Å². The van der Waals surface area contributed by atoms with Gasteiger partial charge >= 0.3 is 0 Å². The Morgan fingerprint density at radius 2 is 2.23 bits per heavy atom. The first-order valence-corrected chi connectivity index (χ1v) is 7.55. The number of halogens is 1. The Hall–Kier alpha value is -1.95. The molecule has 2 aliphatic heterocycles. The minimum atomic E-state index is -0.276. The molecule has 0 spiro atoms. The number of hydrogen-bond acceptors (Lipinski definition) is 3. The van der Waals surface area contributed by atoms with E-state index in [2.05, 4.69) is 5.32 Å². The van der Waals surface area contributed by atoms with Crippen LogP contribution in [0.15, 0.2) is 24.3 Å². The predicted octanol–water partition coefficient (Wildman–Crippen LogP) is 0.874. The van der Waals surface area contributed by atoms with Gasteiger partial charge in [0, 0.05) is 19.5 Å². The fourth-order valence-electron chi connectivity index (χ4n) is 3.03. The second kappa shape index (κ2) is 6.44. The Labute approximate surface area is 128 Å². The number of fused-ring (bicyclic) bond motifs is 1. The SMILES string of the molecule is O=C1CO[C@@H]2CCN(C(=O)CCc3ccccc3F)C[C@@H]2N1. The lowest BCUT2D eigenvalue weighted by Crippen LogP contribution is -2.61. The van der Waals surface area contributed by atoms with Gasteiger partial charge in [-0.05, 0) is 24.5 Å². The third-order valence-corrected chi connectivity index (χ3v) is 4.24. The Kier molecular flexibility index (Phi) is 4.38. The molecule has 0 bridgehead atoms. The van der Waals surface area contributed by atoms with E-state index in [4.69, 9.17) is 4.74 Å². The molecule has 1 aromatic rings. The van der Waals surface area contributed by atoms with E-state index in [0.29, 0.717) is 25.1 Å². The van der Waals surface area contributed by atoms with Crippen molar-refractivity contribution in [2.45, 2.75) is 31.4 Å². The zero-order valence-corrected chi connectivity index (χ0v) is 12.3. The summed E-state index contributed by atoms with van der Waals surface area (Å²) in [5, 5.41) is 2.87. The summed E-state index contributed by atoms with van der Waals surface area (Å²) in [6.07, 6.45) is 1.37. The lowest BCUT2D eigenvalue weighted by atomic mass is 9.99. The number of aryl methyl sites for hydroxylation is 1. The number of carbonyl (C=O) groups excluding carboxylic acids is 2. The second-order valence-corrected chi connectivity index (χ2v) is 5.74. The van der Waals surface area contributed by atoms with Crippen LogP contribution in [0.2, 0.25) is 0 Å². The third-order valence-electron chi connectivity index (χ3n) is 4.24. The van der Waals surface area contributed by atoms with Crippen LogP contribution in [-0.4, -0.2) is 48.6 Å². The number of benzene rings is 1. The molecule has 0 aliphatic carbocycles. The highest BCUT2D eigenvalue weighted by Crippen LogP contribution is 2.19. The molecule has 2 aliphatic rings. The number of likely N-dealkylation sites (tertiary alicyclic amines) is 1. The van der Waals surface area contributed by atoms with Crippen molar-refractivity contribution < 1.29 is 18.7 Å². The molecule has 2 fully saturated rings. The van der Waals surface area contributed by atoms with Gasteiger partial charge in [-0.3, -0.25) is 9.59 Å². The molecule has 2 heterocycles. The molecule has 2 amide bonds. The number of nitrogens with zero attached hydrogens (tertiary/aromatic N) is 1. The van der Waals surface area contributed by atoms with Crippen molar-refractivity contribution in [3.05, 3.63) is 35.6 Å². The van der Waals surface area contributed by atoms with Gasteiger partial charge in [-0.2, -0.15) is 0 Å². The summed E-state index contributed by atoms with van der Waals surface area (Å²) in [5.41, 5.74) is 0.556. The van der Waals surface area contributed by atoms with E-state index in [-0.39, 0.29) is 42.8 Å². The maximum absolute atomic E-state index is 13.6. The maximum Gasteiger partial charge on any atom is 0.246 e.